The molecule has 1 unspecified atom stereocenters. The minimum absolute atomic E-state index is 0.00894. The van der Waals surface area contributed by atoms with Crippen LogP contribution < -0.4 is 5.32 Å². The van der Waals surface area contributed by atoms with Crippen LogP contribution >= 0.6 is 34.4 Å². The molecule has 0 fully saturated rings. The van der Waals surface area contributed by atoms with E-state index in [1.807, 2.05) is 39.0 Å². The maximum absolute atomic E-state index is 11.9. The molecule has 0 aliphatic heterocycles. The van der Waals surface area contributed by atoms with E-state index in [2.05, 4.69) is 27.9 Å². The van der Waals surface area contributed by atoms with Gasteiger partial charge in [0.05, 0.1) is 5.75 Å². The van der Waals surface area contributed by atoms with Crippen LogP contribution in [0.4, 0.5) is 5.69 Å². The Labute approximate surface area is 136 Å². The predicted molar refractivity (Wildman–Crippen MR) is 91.2 cm³/mol. The molecule has 1 amide bonds. The van der Waals surface area contributed by atoms with Crippen molar-refractivity contribution in [3.8, 4) is 0 Å². The number of amides is 1. The second-order valence-electron chi connectivity index (χ2n) is 4.82. The number of aryl methyl sites for hydroxylation is 1. The lowest BCUT2D eigenvalue weighted by Crippen LogP contribution is -2.25. The SMILES string of the molecule is Cc1cc(I)ccc1NC(=O)CSC(C(=O)O)C(C)C. The van der Waals surface area contributed by atoms with Gasteiger partial charge in [0, 0.05) is 9.26 Å². The summed E-state index contributed by atoms with van der Waals surface area (Å²) in [6.07, 6.45) is 0. The number of thioether (sulfide) groups is 1. The van der Waals surface area contributed by atoms with Gasteiger partial charge in [0.2, 0.25) is 5.91 Å². The molecule has 1 atom stereocenters. The number of carboxylic acids is 1. The van der Waals surface area contributed by atoms with E-state index in [0.717, 1.165) is 26.6 Å². The summed E-state index contributed by atoms with van der Waals surface area (Å²) in [5, 5.41) is 11.3. The maximum atomic E-state index is 11.9. The summed E-state index contributed by atoms with van der Waals surface area (Å²) in [6, 6.07) is 5.76. The first-order chi connectivity index (χ1) is 9.31. The van der Waals surface area contributed by atoms with Crippen LogP contribution in [0.25, 0.3) is 0 Å². The Bertz CT molecular complexity index is 505. The lowest BCUT2D eigenvalue weighted by molar-refractivity contribution is -0.137. The highest BCUT2D eigenvalue weighted by Gasteiger charge is 2.22. The number of benzene rings is 1. The van der Waals surface area contributed by atoms with E-state index in [1.54, 1.807) is 0 Å². The molecule has 0 saturated heterocycles. The highest BCUT2D eigenvalue weighted by molar-refractivity contribution is 14.1. The quantitative estimate of drug-likeness (QED) is 0.710. The Morgan fingerprint density at radius 2 is 2.05 bits per heavy atom. The van der Waals surface area contributed by atoms with E-state index in [4.69, 9.17) is 5.11 Å². The van der Waals surface area contributed by atoms with Gasteiger partial charge < -0.3 is 10.4 Å². The van der Waals surface area contributed by atoms with Crippen molar-refractivity contribution in [1.29, 1.82) is 0 Å². The van der Waals surface area contributed by atoms with Crippen LogP contribution in [0.1, 0.15) is 19.4 Å². The van der Waals surface area contributed by atoms with Gasteiger partial charge in [-0.1, -0.05) is 13.8 Å². The van der Waals surface area contributed by atoms with Crippen molar-refractivity contribution in [2.45, 2.75) is 26.0 Å². The Kier molecular flexibility index (Phi) is 6.81. The van der Waals surface area contributed by atoms with Crippen molar-refractivity contribution in [2.24, 2.45) is 5.92 Å². The highest BCUT2D eigenvalue weighted by atomic mass is 127. The van der Waals surface area contributed by atoms with Gasteiger partial charge in [-0.15, -0.1) is 11.8 Å². The normalized spacial score (nSPS) is 12.2. The predicted octanol–water partition coefficient (Wildman–Crippen LogP) is 3.38. The van der Waals surface area contributed by atoms with E-state index in [0.29, 0.717) is 0 Å². The number of aliphatic carboxylic acids is 1. The zero-order valence-corrected chi connectivity index (χ0v) is 14.6. The maximum Gasteiger partial charge on any atom is 0.316 e. The molecule has 20 heavy (non-hydrogen) atoms. The number of rotatable bonds is 6. The Hall–Kier alpha value is -0.760. The van der Waals surface area contributed by atoms with Gasteiger partial charge >= 0.3 is 5.97 Å². The monoisotopic (exact) mass is 407 g/mol. The largest absolute Gasteiger partial charge is 0.480 e. The summed E-state index contributed by atoms with van der Waals surface area (Å²) in [5.74, 6) is -0.916. The Balaban J connectivity index is 2.57. The molecule has 6 heteroatoms. The summed E-state index contributed by atoms with van der Waals surface area (Å²) in [4.78, 5) is 22.9. The first kappa shape index (κ1) is 17.3. The average Bonchev–Trinajstić information content (AvgIpc) is 2.32. The third-order valence-corrected chi connectivity index (χ3v) is 4.91. The molecule has 4 nitrogen and oxygen atoms in total. The molecule has 0 aliphatic carbocycles. The van der Waals surface area contributed by atoms with Gasteiger partial charge in [0.15, 0.2) is 0 Å². The molecule has 0 aliphatic rings. The molecule has 1 rings (SSSR count). The summed E-state index contributed by atoms with van der Waals surface area (Å²) in [6.45, 7) is 5.61. The van der Waals surface area contributed by atoms with Crippen LogP contribution in [-0.2, 0) is 9.59 Å². The summed E-state index contributed by atoms with van der Waals surface area (Å²) < 4.78 is 1.11. The van der Waals surface area contributed by atoms with Crippen molar-refractivity contribution in [3.63, 3.8) is 0 Å². The van der Waals surface area contributed by atoms with Crippen molar-refractivity contribution >= 4 is 51.9 Å². The molecule has 0 heterocycles. The molecule has 0 radical (unpaired) electrons. The van der Waals surface area contributed by atoms with E-state index < -0.39 is 11.2 Å². The number of carbonyl (C=O) groups excluding carboxylic acids is 1. The number of anilines is 1. The van der Waals surface area contributed by atoms with E-state index in [-0.39, 0.29) is 17.6 Å². The molecule has 0 spiro atoms. The molecular formula is C14H18INO3S. The second-order valence-corrected chi connectivity index (χ2v) is 7.20. The average molecular weight is 407 g/mol. The number of carboxylic acid groups (broad SMARTS) is 1. The minimum Gasteiger partial charge on any atom is -0.480 e. The van der Waals surface area contributed by atoms with Gasteiger partial charge in [0.25, 0.3) is 0 Å². The number of hydrogen-bond acceptors (Lipinski definition) is 3. The third-order valence-electron chi connectivity index (χ3n) is 2.71. The number of nitrogens with one attached hydrogen (secondary N) is 1. The summed E-state index contributed by atoms with van der Waals surface area (Å²) >= 11 is 3.37. The number of hydrogen-bond donors (Lipinski definition) is 2. The molecular weight excluding hydrogens is 389 g/mol. The van der Waals surface area contributed by atoms with Gasteiger partial charge in [-0.25, -0.2) is 0 Å². The highest BCUT2D eigenvalue weighted by Crippen LogP contribution is 2.21. The molecule has 0 saturated carbocycles. The van der Waals surface area contributed by atoms with E-state index >= 15 is 0 Å². The summed E-state index contributed by atoms with van der Waals surface area (Å²) in [5.41, 5.74) is 1.77. The second kappa shape index (κ2) is 7.87. The Morgan fingerprint density at radius 1 is 1.40 bits per heavy atom. The fourth-order valence-corrected chi connectivity index (χ4v) is 3.25. The number of halogens is 1. The first-order valence-electron chi connectivity index (χ1n) is 6.21. The van der Waals surface area contributed by atoms with Crippen molar-refractivity contribution < 1.29 is 14.7 Å². The molecule has 110 valence electrons. The fraction of sp³-hybridized carbons (Fsp3) is 0.429. The van der Waals surface area contributed by atoms with Crippen LogP contribution in [0.5, 0.6) is 0 Å². The molecule has 2 N–H and O–H groups in total. The van der Waals surface area contributed by atoms with Gasteiger partial charge in [-0.05, 0) is 59.2 Å². The lowest BCUT2D eigenvalue weighted by atomic mass is 10.1. The van der Waals surface area contributed by atoms with Crippen molar-refractivity contribution in [2.75, 3.05) is 11.1 Å². The number of carbonyl (C=O) groups is 2. The zero-order valence-electron chi connectivity index (χ0n) is 11.6. The van der Waals surface area contributed by atoms with Crippen LogP contribution in [0.15, 0.2) is 18.2 Å². The van der Waals surface area contributed by atoms with Crippen LogP contribution in [0.2, 0.25) is 0 Å². The Morgan fingerprint density at radius 3 is 2.55 bits per heavy atom. The topological polar surface area (TPSA) is 66.4 Å². The molecule has 0 bridgehead atoms. The van der Waals surface area contributed by atoms with Crippen LogP contribution in [-0.4, -0.2) is 28.0 Å². The van der Waals surface area contributed by atoms with Gasteiger partial charge in [-0.3, -0.25) is 9.59 Å². The molecule has 1 aromatic carbocycles. The van der Waals surface area contributed by atoms with E-state index in [1.165, 1.54) is 0 Å². The van der Waals surface area contributed by atoms with Crippen molar-refractivity contribution in [1.82, 2.24) is 0 Å². The van der Waals surface area contributed by atoms with Crippen LogP contribution in [0.3, 0.4) is 0 Å². The van der Waals surface area contributed by atoms with E-state index in [9.17, 15) is 9.59 Å². The third kappa shape index (κ3) is 5.32. The zero-order chi connectivity index (χ0) is 15.3. The van der Waals surface area contributed by atoms with Crippen LogP contribution in [0, 0.1) is 16.4 Å². The lowest BCUT2D eigenvalue weighted by Gasteiger charge is -2.15. The molecule has 1 aromatic rings. The smallest absolute Gasteiger partial charge is 0.316 e. The van der Waals surface area contributed by atoms with Crippen molar-refractivity contribution in [3.05, 3.63) is 27.3 Å². The first-order valence-corrected chi connectivity index (χ1v) is 8.34. The van der Waals surface area contributed by atoms with Gasteiger partial charge in [-0.2, -0.15) is 0 Å². The summed E-state index contributed by atoms with van der Waals surface area (Å²) in [7, 11) is 0. The fourth-order valence-electron chi connectivity index (χ4n) is 1.67. The molecule has 0 aromatic heterocycles. The minimum atomic E-state index is -0.872. The van der Waals surface area contributed by atoms with Gasteiger partial charge in [0.1, 0.15) is 5.25 Å². The standard InChI is InChI=1S/C14H18INO3S/c1-8(2)13(14(18)19)20-7-12(17)16-11-5-4-10(15)6-9(11)3/h4-6,8,13H,7H2,1-3H3,(H,16,17)(H,18,19).